The lowest BCUT2D eigenvalue weighted by Gasteiger charge is -2.32. The second-order valence-electron chi connectivity index (χ2n) is 4.94. The van der Waals surface area contributed by atoms with Gasteiger partial charge in [-0.05, 0) is 47.0 Å². The van der Waals surface area contributed by atoms with Gasteiger partial charge in [-0.3, -0.25) is 4.79 Å². The van der Waals surface area contributed by atoms with Crippen molar-refractivity contribution in [1.29, 1.82) is 0 Å². The molecule has 1 N–H and O–H groups in total. The smallest absolute Gasteiger partial charge is 0.253 e. The Morgan fingerprint density at radius 1 is 1.43 bits per heavy atom. The van der Waals surface area contributed by atoms with E-state index in [0.29, 0.717) is 31.0 Å². The van der Waals surface area contributed by atoms with Crippen molar-refractivity contribution in [3.8, 4) is 5.75 Å². The minimum absolute atomic E-state index is 0.0268. The van der Waals surface area contributed by atoms with Gasteiger partial charge in [0.05, 0.1) is 30.9 Å². The van der Waals surface area contributed by atoms with Gasteiger partial charge in [-0.2, -0.15) is 0 Å². The molecule has 116 valence electrons. The van der Waals surface area contributed by atoms with Crippen LogP contribution in [-0.4, -0.2) is 55.4 Å². The Kier molecular flexibility index (Phi) is 6.02. The van der Waals surface area contributed by atoms with E-state index < -0.39 is 0 Å². The highest BCUT2D eigenvalue weighted by Gasteiger charge is 2.24. The topological polar surface area (TPSA) is 59.0 Å². The number of aliphatic hydroxyl groups excluding tert-OH is 1. The van der Waals surface area contributed by atoms with Gasteiger partial charge in [0.15, 0.2) is 0 Å². The molecule has 1 aliphatic rings. The maximum Gasteiger partial charge on any atom is 0.253 e. The van der Waals surface area contributed by atoms with E-state index >= 15 is 0 Å². The van der Waals surface area contributed by atoms with E-state index in [4.69, 9.17) is 14.6 Å². The first-order valence-electron chi connectivity index (χ1n) is 7.01. The lowest BCUT2D eigenvalue weighted by molar-refractivity contribution is -0.00554. The predicted octanol–water partition coefficient (Wildman–Crippen LogP) is 2.07. The molecule has 6 heteroatoms. The fourth-order valence-electron chi connectivity index (χ4n) is 2.43. The van der Waals surface area contributed by atoms with Crippen LogP contribution in [0.15, 0.2) is 22.7 Å². The monoisotopic (exact) mass is 357 g/mol. The summed E-state index contributed by atoms with van der Waals surface area (Å²) in [6, 6.07) is 5.35. The number of hydrogen-bond donors (Lipinski definition) is 1. The van der Waals surface area contributed by atoms with E-state index in [1.54, 1.807) is 25.3 Å². The minimum atomic E-state index is 0.0268. The molecule has 1 aromatic carbocycles. The summed E-state index contributed by atoms with van der Waals surface area (Å²) in [5.74, 6) is 0.738. The van der Waals surface area contributed by atoms with Gasteiger partial charge >= 0.3 is 0 Å². The van der Waals surface area contributed by atoms with Crippen molar-refractivity contribution in [2.45, 2.75) is 18.9 Å². The number of aliphatic hydroxyl groups is 1. The number of nitrogens with zero attached hydrogens (tertiary/aromatic N) is 1. The first-order valence-corrected chi connectivity index (χ1v) is 7.80. The SMILES string of the molecule is COc1ccc(C(=O)N2CCC(OCCO)CC2)cc1Br. The molecule has 1 amide bonds. The molecular formula is C15H20BrNO4. The third kappa shape index (κ3) is 4.18. The van der Waals surface area contributed by atoms with Crippen molar-refractivity contribution in [3.05, 3.63) is 28.2 Å². The first kappa shape index (κ1) is 16.3. The number of carbonyl (C=O) groups is 1. The molecule has 1 aliphatic heterocycles. The quantitative estimate of drug-likeness (QED) is 0.876. The molecular weight excluding hydrogens is 338 g/mol. The summed E-state index contributed by atoms with van der Waals surface area (Å²) < 4.78 is 11.4. The molecule has 0 spiro atoms. The van der Waals surface area contributed by atoms with Crippen molar-refractivity contribution in [2.75, 3.05) is 33.4 Å². The van der Waals surface area contributed by atoms with Crippen LogP contribution >= 0.6 is 15.9 Å². The van der Waals surface area contributed by atoms with Crippen LogP contribution in [0.2, 0.25) is 0 Å². The van der Waals surface area contributed by atoms with Crippen LogP contribution in [0.1, 0.15) is 23.2 Å². The van der Waals surface area contributed by atoms with E-state index in [1.165, 1.54) is 0 Å². The zero-order valence-corrected chi connectivity index (χ0v) is 13.6. The van der Waals surface area contributed by atoms with E-state index in [2.05, 4.69) is 15.9 Å². The van der Waals surface area contributed by atoms with Gasteiger partial charge in [-0.1, -0.05) is 0 Å². The van der Waals surface area contributed by atoms with Crippen molar-refractivity contribution in [1.82, 2.24) is 4.90 Å². The summed E-state index contributed by atoms with van der Waals surface area (Å²) in [6.45, 7) is 1.76. The van der Waals surface area contributed by atoms with Crippen LogP contribution in [-0.2, 0) is 4.74 Å². The number of likely N-dealkylation sites (tertiary alicyclic amines) is 1. The lowest BCUT2D eigenvalue weighted by Crippen LogP contribution is -2.41. The number of benzene rings is 1. The molecule has 0 bridgehead atoms. The zero-order chi connectivity index (χ0) is 15.2. The summed E-state index contributed by atoms with van der Waals surface area (Å²) >= 11 is 3.40. The van der Waals surface area contributed by atoms with Gasteiger partial charge in [0.2, 0.25) is 0 Å². The lowest BCUT2D eigenvalue weighted by atomic mass is 10.1. The Hall–Kier alpha value is -1.11. The number of rotatable bonds is 5. The van der Waals surface area contributed by atoms with Crippen molar-refractivity contribution < 1.29 is 19.4 Å². The maximum absolute atomic E-state index is 12.5. The second kappa shape index (κ2) is 7.77. The molecule has 0 saturated carbocycles. The van der Waals surface area contributed by atoms with E-state index in [0.717, 1.165) is 17.3 Å². The van der Waals surface area contributed by atoms with E-state index in [9.17, 15) is 4.79 Å². The molecule has 21 heavy (non-hydrogen) atoms. The van der Waals surface area contributed by atoms with Gasteiger partial charge in [-0.25, -0.2) is 0 Å². The highest BCUT2D eigenvalue weighted by atomic mass is 79.9. The summed E-state index contributed by atoms with van der Waals surface area (Å²) in [5, 5.41) is 8.75. The van der Waals surface area contributed by atoms with Crippen molar-refractivity contribution in [2.24, 2.45) is 0 Å². The molecule has 2 rings (SSSR count). The van der Waals surface area contributed by atoms with E-state index in [1.807, 2.05) is 4.90 Å². The second-order valence-corrected chi connectivity index (χ2v) is 5.79. The van der Waals surface area contributed by atoms with Crippen LogP contribution in [0.3, 0.4) is 0 Å². The molecule has 1 aromatic rings. The predicted molar refractivity (Wildman–Crippen MR) is 82.7 cm³/mol. The highest BCUT2D eigenvalue weighted by Crippen LogP contribution is 2.26. The molecule has 0 unspecified atom stereocenters. The highest BCUT2D eigenvalue weighted by molar-refractivity contribution is 9.10. The first-order chi connectivity index (χ1) is 10.2. The summed E-state index contributed by atoms with van der Waals surface area (Å²) in [7, 11) is 1.60. The number of ether oxygens (including phenoxy) is 2. The number of halogens is 1. The van der Waals surface area contributed by atoms with Crippen molar-refractivity contribution in [3.63, 3.8) is 0 Å². The average Bonchev–Trinajstić information content (AvgIpc) is 2.52. The molecule has 1 fully saturated rings. The molecule has 0 aromatic heterocycles. The molecule has 0 radical (unpaired) electrons. The van der Waals surface area contributed by atoms with Crippen LogP contribution < -0.4 is 4.74 Å². The molecule has 5 nitrogen and oxygen atoms in total. The van der Waals surface area contributed by atoms with Gasteiger partial charge in [0.25, 0.3) is 5.91 Å². The minimum Gasteiger partial charge on any atom is -0.496 e. The average molecular weight is 358 g/mol. The Morgan fingerprint density at radius 3 is 2.71 bits per heavy atom. The summed E-state index contributed by atoms with van der Waals surface area (Å²) in [5.41, 5.74) is 0.650. The van der Waals surface area contributed by atoms with Crippen LogP contribution in [0.5, 0.6) is 5.75 Å². The largest absolute Gasteiger partial charge is 0.496 e. The van der Waals surface area contributed by atoms with Crippen LogP contribution in [0, 0.1) is 0 Å². The molecule has 1 heterocycles. The summed E-state index contributed by atoms with van der Waals surface area (Å²) in [6.07, 6.45) is 1.76. The molecule has 0 atom stereocenters. The van der Waals surface area contributed by atoms with Crippen molar-refractivity contribution >= 4 is 21.8 Å². The number of methoxy groups -OCH3 is 1. The van der Waals surface area contributed by atoms with Gasteiger partial charge in [-0.15, -0.1) is 0 Å². The number of hydrogen-bond acceptors (Lipinski definition) is 4. The van der Waals surface area contributed by atoms with Crippen LogP contribution in [0.4, 0.5) is 0 Å². The molecule has 1 saturated heterocycles. The van der Waals surface area contributed by atoms with Gasteiger partial charge in [0, 0.05) is 18.7 Å². The fraction of sp³-hybridized carbons (Fsp3) is 0.533. The zero-order valence-electron chi connectivity index (χ0n) is 12.0. The maximum atomic E-state index is 12.5. The third-order valence-electron chi connectivity index (χ3n) is 3.57. The Labute approximate surface area is 133 Å². The number of piperidine rings is 1. The van der Waals surface area contributed by atoms with Crippen LogP contribution in [0.25, 0.3) is 0 Å². The van der Waals surface area contributed by atoms with E-state index in [-0.39, 0.29) is 18.6 Å². The summed E-state index contributed by atoms with van der Waals surface area (Å²) in [4.78, 5) is 14.3. The number of amides is 1. The fourth-order valence-corrected chi connectivity index (χ4v) is 2.97. The number of carbonyl (C=O) groups excluding carboxylic acids is 1. The third-order valence-corrected chi connectivity index (χ3v) is 4.19. The standard InChI is InChI=1S/C15H20BrNO4/c1-20-14-3-2-11(10-13(14)16)15(19)17-6-4-12(5-7-17)21-9-8-18/h2-3,10,12,18H,4-9H2,1H3. The Balaban J connectivity index is 1.94. The Morgan fingerprint density at radius 2 is 2.14 bits per heavy atom. The molecule has 0 aliphatic carbocycles. The van der Waals surface area contributed by atoms with Gasteiger partial charge in [0.1, 0.15) is 5.75 Å². The van der Waals surface area contributed by atoms with Gasteiger partial charge < -0.3 is 19.5 Å². The Bertz CT molecular complexity index is 487. The normalized spacial score (nSPS) is 16.0.